The zero-order chi connectivity index (χ0) is 22.0. The van der Waals surface area contributed by atoms with E-state index in [1.54, 1.807) is 59.5 Å². The maximum Gasteiger partial charge on any atom is 0.337 e. The van der Waals surface area contributed by atoms with Crippen LogP contribution in [-0.4, -0.2) is 65.0 Å². The normalized spacial score (nSPS) is 16.4. The van der Waals surface area contributed by atoms with E-state index >= 15 is 0 Å². The first-order valence-corrected chi connectivity index (χ1v) is 10.0. The van der Waals surface area contributed by atoms with E-state index in [1.807, 2.05) is 0 Å². The number of likely N-dealkylation sites (tertiary alicyclic amines) is 1. The summed E-state index contributed by atoms with van der Waals surface area (Å²) in [7, 11) is 0. The maximum atomic E-state index is 13.4. The molecule has 2 heterocycles. The average molecular weight is 422 g/mol. The van der Waals surface area contributed by atoms with Gasteiger partial charge < -0.3 is 10.0 Å². The molecule has 1 N–H and O–H groups in total. The third-order valence-corrected chi connectivity index (χ3v) is 5.36. The van der Waals surface area contributed by atoms with E-state index in [0.29, 0.717) is 35.1 Å². The Morgan fingerprint density at radius 3 is 2.03 bits per heavy atom. The van der Waals surface area contributed by atoms with E-state index in [2.05, 4.69) is 0 Å². The first kappa shape index (κ1) is 20.4. The molecule has 0 unspecified atom stereocenters. The van der Waals surface area contributed by atoms with Crippen LogP contribution in [0.15, 0.2) is 54.6 Å². The molecular weight excluding hydrogens is 400 g/mol. The van der Waals surface area contributed by atoms with E-state index in [9.17, 15) is 24.3 Å². The smallest absolute Gasteiger partial charge is 0.337 e. The van der Waals surface area contributed by atoms with Crippen LogP contribution >= 0.6 is 0 Å². The number of rotatable bonds is 5. The highest BCUT2D eigenvalue weighted by molar-refractivity contribution is 6.17. The Hall–Kier alpha value is -3.88. The first-order chi connectivity index (χ1) is 15.0. The van der Waals surface area contributed by atoms with Gasteiger partial charge in [-0.15, -0.1) is 0 Å². The van der Waals surface area contributed by atoms with E-state index in [4.69, 9.17) is 0 Å². The molecule has 0 aliphatic carbocycles. The van der Waals surface area contributed by atoms with Crippen LogP contribution in [0, 0.1) is 0 Å². The fraction of sp³-hybridized carbons (Fsp3) is 0.273. The largest absolute Gasteiger partial charge is 0.480 e. The number of carbonyl (C=O) groups is 4. The molecule has 9 nitrogen and oxygen atoms in total. The number of nitrogens with zero attached hydrogens (tertiary/aromatic N) is 4. The molecular formula is C22H22N4O5. The van der Waals surface area contributed by atoms with Crippen molar-refractivity contribution in [3.8, 4) is 0 Å². The van der Waals surface area contributed by atoms with Crippen molar-refractivity contribution >= 4 is 41.0 Å². The first-order valence-electron chi connectivity index (χ1n) is 10.0. The zero-order valence-electron chi connectivity index (χ0n) is 16.8. The lowest BCUT2D eigenvalue weighted by Crippen LogP contribution is -2.52. The number of benzene rings is 2. The minimum atomic E-state index is -1.33. The Labute approximate surface area is 179 Å². The number of hydrogen-bond donors (Lipinski definition) is 1. The Kier molecular flexibility index (Phi) is 5.57. The molecule has 160 valence electrons. The number of carbonyl (C=O) groups excluding carboxylic acids is 3. The van der Waals surface area contributed by atoms with Crippen LogP contribution in [0.2, 0.25) is 0 Å². The molecule has 1 fully saturated rings. The lowest BCUT2D eigenvalue weighted by Gasteiger charge is -2.27. The number of carboxylic acids is 1. The minimum Gasteiger partial charge on any atom is -0.480 e. The highest BCUT2D eigenvalue weighted by atomic mass is 16.4. The molecule has 2 aliphatic heterocycles. The van der Waals surface area contributed by atoms with Crippen molar-refractivity contribution in [3.05, 3.63) is 54.6 Å². The second kappa shape index (κ2) is 8.47. The average Bonchev–Trinajstić information content (AvgIpc) is 3.29. The van der Waals surface area contributed by atoms with Crippen LogP contribution in [0.1, 0.15) is 12.8 Å². The SMILES string of the molecule is O=C(O)CN1C(=O)N(CC(=O)N2CCCC2)c2ccccc2N(c2ccccc2)C1=O. The number of carboxylic acid groups (broad SMARTS) is 1. The van der Waals surface area contributed by atoms with Gasteiger partial charge in [0.15, 0.2) is 0 Å². The van der Waals surface area contributed by atoms with Gasteiger partial charge in [-0.2, -0.15) is 0 Å². The summed E-state index contributed by atoms with van der Waals surface area (Å²) in [6.07, 6.45) is 1.81. The van der Waals surface area contributed by atoms with E-state index in [-0.39, 0.29) is 12.5 Å². The fourth-order valence-electron chi connectivity index (χ4n) is 3.89. The van der Waals surface area contributed by atoms with Gasteiger partial charge in [-0.05, 0) is 37.1 Å². The van der Waals surface area contributed by atoms with Crippen LogP contribution in [-0.2, 0) is 9.59 Å². The van der Waals surface area contributed by atoms with Gasteiger partial charge in [0.05, 0.1) is 17.1 Å². The Morgan fingerprint density at radius 2 is 1.39 bits per heavy atom. The standard InChI is InChI=1S/C22H22N4O5/c27-19(23-12-6-7-13-23)14-24-17-10-4-5-11-18(17)26(16-8-2-1-3-9-16)22(31)25(21(24)30)15-20(28)29/h1-5,8-11H,6-7,12-15H2,(H,28,29). The summed E-state index contributed by atoms with van der Waals surface area (Å²) >= 11 is 0. The number of amides is 5. The third kappa shape index (κ3) is 3.94. The lowest BCUT2D eigenvalue weighted by atomic mass is 10.2. The highest BCUT2D eigenvalue weighted by Crippen LogP contribution is 2.38. The fourth-order valence-corrected chi connectivity index (χ4v) is 3.89. The van der Waals surface area contributed by atoms with Gasteiger partial charge in [0.25, 0.3) is 0 Å². The van der Waals surface area contributed by atoms with Crippen molar-refractivity contribution in [1.29, 1.82) is 0 Å². The van der Waals surface area contributed by atoms with Crippen LogP contribution < -0.4 is 9.80 Å². The summed E-state index contributed by atoms with van der Waals surface area (Å²) in [5.41, 5.74) is 1.25. The molecule has 0 radical (unpaired) electrons. The van der Waals surface area contributed by atoms with Crippen LogP contribution in [0.4, 0.5) is 26.7 Å². The maximum absolute atomic E-state index is 13.4. The van der Waals surface area contributed by atoms with E-state index < -0.39 is 24.6 Å². The summed E-state index contributed by atoms with van der Waals surface area (Å²) in [6, 6.07) is 13.8. The quantitative estimate of drug-likeness (QED) is 0.798. The summed E-state index contributed by atoms with van der Waals surface area (Å²) in [5.74, 6) is -1.57. The van der Waals surface area contributed by atoms with Crippen LogP contribution in [0.5, 0.6) is 0 Å². The number of anilines is 3. The van der Waals surface area contributed by atoms with Crippen LogP contribution in [0.3, 0.4) is 0 Å². The molecule has 31 heavy (non-hydrogen) atoms. The van der Waals surface area contributed by atoms with Gasteiger partial charge in [-0.3, -0.25) is 19.4 Å². The molecule has 2 aliphatic rings. The van der Waals surface area contributed by atoms with Gasteiger partial charge >= 0.3 is 18.0 Å². The number of hydrogen-bond acceptors (Lipinski definition) is 4. The van der Waals surface area contributed by atoms with Crippen molar-refractivity contribution in [2.24, 2.45) is 0 Å². The summed E-state index contributed by atoms with van der Waals surface area (Å²) in [6.45, 7) is 0.151. The topological polar surface area (TPSA) is 101 Å². The molecule has 4 rings (SSSR count). The van der Waals surface area contributed by atoms with Gasteiger partial charge in [0.2, 0.25) is 5.91 Å². The molecule has 0 bridgehead atoms. The van der Waals surface area contributed by atoms with Crippen molar-refractivity contribution in [1.82, 2.24) is 9.80 Å². The lowest BCUT2D eigenvalue weighted by molar-refractivity contribution is -0.137. The van der Waals surface area contributed by atoms with Crippen molar-refractivity contribution in [3.63, 3.8) is 0 Å². The summed E-state index contributed by atoms with van der Waals surface area (Å²) in [5, 5.41) is 9.35. The van der Waals surface area contributed by atoms with Gasteiger partial charge in [0, 0.05) is 13.1 Å². The molecule has 0 atom stereocenters. The summed E-state index contributed by atoms with van der Waals surface area (Å²) < 4.78 is 0. The molecule has 2 aromatic rings. The van der Waals surface area contributed by atoms with Gasteiger partial charge in [-0.25, -0.2) is 14.5 Å². The summed E-state index contributed by atoms with van der Waals surface area (Å²) in [4.78, 5) is 55.9. The van der Waals surface area contributed by atoms with Gasteiger partial charge in [0.1, 0.15) is 13.1 Å². The number of para-hydroxylation sites is 3. The number of imide groups is 1. The van der Waals surface area contributed by atoms with Crippen LogP contribution in [0.25, 0.3) is 0 Å². The predicted molar refractivity (Wildman–Crippen MR) is 113 cm³/mol. The van der Waals surface area contributed by atoms with Gasteiger partial charge in [-0.1, -0.05) is 30.3 Å². The molecule has 5 amide bonds. The monoisotopic (exact) mass is 422 g/mol. The predicted octanol–water partition coefficient (Wildman–Crippen LogP) is 2.89. The second-order valence-corrected chi connectivity index (χ2v) is 7.38. The van der Waals surface area contributed by atoms with E-state index in [0.717, 1.165) is 12.8 Å². The molecule has 0 spiro atoms. The number of fused-ring (bicyclic) bond motifs is 1. The molecule has 0 saturated carbocycles. The highest BCUT2D eigenvalue weighted by Gasteiger charge is 2.40. The number of aliphatic carboxylic acids is 1. The molecule has 0 aromatic heterocycles. The molecule has 2 aromatic carbocycles. The zero-order valence-corrected chi connectivity index (χ0v) is 16.8. The Morgan fingerprint density at radius 1 is 0.774 bits per heavy atom. The Bertz CT molecular complexity index is 1020. The third-order valence-electron chi connectivity index (χ3n) is 5.36. The number of urea groups is 2. The molecule has 9 heteroatoms. The molecule has 1 saturated heterocycles. The Balaban J connectivity index is 1.81. The van der Waals surface area contributed by atoms with Crippen molar-refractivity contribution in [2.75, 3.05) is 36.0 Å². The van der Waals surface area contributed by atoms with Crippen molar-refractivity contribution in [2.45, 2.75) is 12.8 Å². The second-order valence-electron chi connectivity index (χ2n) is 7.38. The minimum absolute atomic E-state index is 0.239. The van der Waals surface area contributed by atoms with Crippen molar-refractivity contribution < 1.29 is 24.3 Å². The van der Waals surface area contributed by atoms with E-state index in [1.165, 1.54) is 9.80 Å².